The SMILES string of the molecule is CN1CCOC(CNc2nc3nccc(C(=N)N(O)c4ccc(F)c(Cl)c4)c3[nH]2)C1. The van der Waals surface area contributed by atoms with Crippen molar-refractivity contribution < 1.29 is 14.3 Å². The Kier molecular flexibility index (Phi) is 5.82. The average molecular weight is 434 g/mol. The van der Waals surface area contributed by atoms with Crippen molar-refractivity contribution in [1.29, 1.82) is 5.41 Å². The number of H-pyrrole nitrogens is 1. The molecular formula is C19H21ClFN7O2. The minimum absolute atomic E-state index is 0.0406. The number of aromatic amines is 1. The molecule has 1 aliphatic rings. The van der Waals surface area contributed by atoms with Crippen molar-refractivity contribution >= 4 is 40.2 Å². The van der Waals surface area contributed by atoms with E-state index in [-0.39, 0.29) is 22.6 Å². The number of pyridine rings is 1. The Morgan fingerprint density at radius 2 is 2.33 bits per heavy atom. The van der Waals surface area contributed by atoms with Crippen LogP contribution in [0.3, 0.4) is 0 Å². The molecule has 0 spiro atoms. The number of fused-ring (bicyclic) bond motifs is 1. The van der Waals surface area contributed by atoms with Crippen LogP contribution in [0.4, 0.5) is 16.0 Å². The number of anilines is 2. The van der Waals surface area contributed by atoms with E-state index in [1.165, 1.54) is 18.3 Å². The summed E-state index contributed by atoms with van der Waals surface area (Å²) in [6.07, 6.45) is 1.54. The zero-order valence-electron chi connectivity index (χ0n) is 16.2. The van der Waals surface area contributed by atoms with Crippen molar-refractivity contribution in [3.05, 3.63) is 46.9 Å². The molecule has 1 aromatic carbocycles. The molecule has 158 valence electrons. The molecule has 2 aromatic heterocycles. The number of amidine groups is 1. The first kappa shape index (κ1) is 20.5. The number of likely N-dealkylation sites (N-methyl/N-ethyl adjacent to an activating group) is 1. The van der Waals surface area contributed by atoms with Gasteiger partial charge in [-0.3, -0.25) is 10.6 Å². The second kappa shape index (κ2) is 8.52. The van der Waals surface area contributed by atoms with Gasteiger partial charge in [0.25, 0.3) is 0 Å². The van der Waals surface area contributed by atoms with E-state index in [2.05, 4.69) is 25.2 Å². The number of nitrogens with one attached hydrogen (secondary N) is 3. The lowest BCUT2D eigenvalue weighted by atomic mass is 10.2. The lowest BCUT2D eigenvalue weighted by molar-refractivity contribution is -0.0117. The van der Waals surface area contributed by atoms with E-state index in [0.717, 1.165) is 19.2 Å². The van der Waals surface area contributed by atoms with Crippen LogP contribution in [0, 0.1) is 11.2 Å². The first-order valence-corrected chi connectivity index (χ1v) is 9.72. The summed E-state index contributed by atoms with van der Waals surface area (Å²) in [7, 11) is 2.05. The summed E-state index contributed by atoms with van der Waals surface area (Å²) in [5.74, 6) is -0.356. The number of imidazole rings is 1. The van der Waals surface area contributed by atoms with Crippen molar-refractivity contribution in [2.24, 2.45) is 0 Å². The molecule has 1 aliphatic heterocycles. The molecule has 0 saturated carbocycles. The largest absolute Gasteiger partial charge is 0.374 e. The molecule has 11 heteroatoms. The number of aromatic nitrogens is 3. The molecule has 0 radical (unpaired) electrons. The predicted octanol–water partition coefficient (Wildman–Crippen LogP) is 2.71. The maximum atomic E-state index is 13.4. The van der Waals surface area contributed by atoms with Crippen LogP contribution >= 0.6 is 11.6 Å². The summed E-state index contributed by atoms with van der Waals surface area (Å²) >= 11 is 5.78. The zero-order valence-corrected chi connectivity index (χ0v) is 16.9. The van der Waals surface area contributed by atoms with Crippen LogP contribution in [0.1, 0.15) is 5.56 Å². The van der Waals surface area contributed by atoms with Gasteiger partial charge >= 0.3 is 0 Å². The van der Waals surface area contributed by atoms with Crippen molar-refractivity contribution in [2.75, 3.05) is 43.7 Å². The third kappa shape index (κ3) is 4.21. The quantitative estimate of drug-likeness (QED) is 0.278. The van der Waals surface area contributed by atoms with Gasteiger partial charge in [0.1, 0.15) is 5.82 Å². The topological polar surface area (TPSA) is 113 Å². The standard InChI is InChI=1S/C19H21ClFN7O2/c1-27-6-7-30-12(10-27)9-24-19-25-16-13(4-5-23-18(16)26-19)17(22)28(29)11-2-3-15(21)14(20)8-11/h2-5,8,12,22,29H,6-7,9-10H2,1H3,(H2,23,24,25,26). The van der Waals surface area contributed by atoms with E-state index < -0.39 is 5.82 Å². The fourth-order valence-corrected chi connectivity index (χ4v) is 3.43. The van der Waals surface area contributed by atoms with Crippen LogP contribution in [0.25, 0.3) is 11.2 Å². The number of hydrogen-bond acceptors (Lipinski definition) is 7. The number of hydroxylamine groups is 1. The van der Waals surface area contributed by atoms with Gasteiger partial charge in [-0.2, -0.15) is 4.98 Å². The first-order chi connectivity index (χ1) is 14.4. The summed E-state index contributed by atoms with van der Waals surface area (Å²) in [4.78, 5) is 13.9. The summed E-state index contributed by atoms with van der Waals surface area (Å²) in [5, 5.41) is 22.5. The normalized spacial score (nSPS) is 17.3. The third-order valence-corrected chi connectivity index (χ3v) is 5.14. The molecule has 0 aliphatic carbocycles. The van der Waals surface area contributed by atoms with Gasteiger partial charge in [-0.15, -0.1) is 0 Å². The molecule has 1 saturated heterocycles. The predicted molar refractivity (Wildman–Crippen MR) is 112 cm³/mol. The van der Waals surface area contributed by atoms with Crippen molar-refractivity contribution in [3.63, 3.8) is 0 Å². The van der Waals surface area contributed by atoms with Gasteiger partial charge in [0, 0.05) is 31.4 Å². The lowest BCUT2D eigenvalue weighted by Gasteiger charge is -2.29. The molecule has 3 aromatic rings. The smallest absolute Gasteiger partial charge is 0.202 e. The Morgan fingerprint density at radius 1 is 1.50 bits per heavy atom. The average Bonchev–Trinajstić information content (AvgIpc) is 3.16. The third-order valence-electron chi connectivity index (χ3n) is 4.85. The second-order valence-corrected chi connectivity index (χ2v) is 7.44. The molecule has 30 heavy (non-hydrogen) atoms. The number of benzene rings is 1. The van der Waals surface area contributed by atoms with Crippen LogP contribution in [-0.4, -0.2) is 70.3 Å². The van der Waals surface area contributed by atoms with E-state index in [9.17, 15) is 9.60 Å². The Morgan fingerprint density at radius 3 is 3.10 bits per heavy atom. The van der Waals surface area contributed by atoms with Crippen LogP contribution < -0.4 is 10.4 Å². The molecule has 4 rings (SSSR count). The zero-order chi connectivity index (χ0) is 21.3. The highest BCUT2D eigenvalue weighted by Gasteiger charge is 2.20. The van der Waals surface area contributed by atoms with E-state index in [1.807, 2.05) is 7.05 Å². The summed E-state index contributed by atoms with van der Waals surface area (Å²) in [5.41, 5.74) is 1.41. The van der Waals surface area contributed by atoms with Gasteiger partial charge in [-0.25, -0.2) is 14.4 Å². The number of halogens is 2. The summed E-state index contributed by atoms with van der Waals surface area (Å²) < 4.78 is 19.1. The Labute approximate surface area is 176 Å². The van der Waals surface area contributed by atoms with E-state index in [0.29, 0.717) is 40.9 Å². The fraction of sp³-hybridized carbons (Fsp3) is 0.316. The van der Waals surface area contributed by atoms with Gasteiger partial charge in [0.2, 0.25) is 5.95 Å². The monoisotopic (exact) mass is 433 g/mol. The maximum Gasteiger partial charge on any atom is 0.202 e. The molecule has 0 amide bonds. The summed E-state index contributed by atoms with van der Waals surface area (Å²) in [6.45, 7) is 2.98. The Hall–Kier alpha value is -2.79. The molecule has 0 bridgehead atoms. The van der Waals surface area contributed by atoms with Gasteiger partial charge < -0.3 is 19.9 Å². The molecule has 1 fully saturated rings. The molecule has 3 heterocycles. The fourth-order valence-electron chi connectivity index (χ4n) is 3.25. The Bertz CT molecular complexity index is 1080. The molecule has 9 nitrogen and oxygen atoms in total. The van der Waals surface area contributed by atoms with E-state index >= 15 is 0 Å². The molecular weight excluding hydrogens is 413 g/mol. The highest BCUT2D eigenvalue weighted by atomic mass is 35.5. The van der Waals surface area contributed by atoms with Crippen LogP contribution in [0.5, 0.6) is 0 Å². The van der Waals surface area contributed by atoms with Crippen molar-refractivity contribution in [2.45, 2.75) is 6.10 Å². The van der Waals surface area contributed by atoms with Gasteiger partial charge in [-0.1, -0.05) is 11.6 Å². The van der Waals surface area contributed by atoms with E-state index in [4.69, 9.17) is 21.7 Å². The van der Waals surface area contributed by atoms with Crippen LogP contribution in [0.2, 0.25) is 5.02 Å². The second-order valence-electron chi connectivity index (χ2n) is 7.04. The number of rotatable bonds is 5. The molecule has 1 atom stereocenters. The number of morpholine rings is 1. The number of nitrogens with zero attached hydrogens (tertiary/aromatic N) is 4. The van der Waals surface area contributed by atoms with Gasteiger partial charge in [0.05, 0.1) is 28.9 Å². The van der Waals surface area contributed by atoms with Crippen LogP contribution in [0.15, 0.2) is 30.5 Å². The molecule has 4 N–H and O–H groups in total. The summed E-state index contributed by atoms with van der Waals surface area (Å²) in [6, 6.07) is 5.28. The maximum absolute atomic E-state index is 13.4. The first-order valence-electron chi connectivity index (χ1n) is 9.34. The van der Waals surface area contributed by atoms with Crippen molar-refractivity contribution in [3.8, 4) is 0 Å². The highest BCUT2D eigenvalue weighted by molar-refractivity contribution is 6.31. The van der Waals surface area contributed by atoms with Crippen molar-refractivity contribution in [1.82, 2.24) is 19.9 Å². The number of ether oxygens (including phenoxy) is 1. The molecule has 1 unspecified atom stereocenters. The highest BCUT2D eigenvalue weighted by Crippen LogP contribution is 2.25. The minimum Gasteiger partial charge on any atom is -0.374 e. The van der Waals surface area contributed by atoms with E-state index in [1.54, 1.807) is 6.07 Å². The minimum atomic E-state index is -0.607. The van der Waals surface area contributed by atoms with Gasteiger partial charge in [-0.05, 0) is 31.3 Å². The van der Waals surface area contributed by atoms with Crippen LogP contribution in [-0.2, 0) is 4.74 Å². The number of hydrogen-bond donors (Lipinski definition) is 4. The Balaban J connectivity index is 1.54. The van der Waals surface area contributed by atoms with Gasteiger partial charge in [0.15, 0.2) is 11.5 Å². The lowest BCUT2D eigenvalue weighted by Crippen LogP contribution is -2.43.